The highest BCUT2D eigenvalue weighted by atomic mass is 16.5. The monoisotopic (exact) mass is 511 g/mol. The summed E-state index contributed by atoms with van der Waals surface area (Å²) in [7, 11) is 0. The van der Waals surface area contributed by atoms with E-state index in [0.29, 0.717) is 19.1 Å². The molecular weight excluding hydrogens is 470 g/mol. The minimum atomic E-state index is 0.0162. The van der Waals surface area contributed by atoms with E-state index >= 15 is 0 Å². The van der Waals surface area contributed by atoms with Crippen LogP contribution in [0.5, 0.6) is 5.75 Å². The van der Waals surface area contributed by atoms with Crippen molar-refractivity contribution >= 4 is 16.9 Å². The minimum Gasteiger partial charge on any atom is -0.493 e. The van der Waals surface area contributed by atoms with E-state index in [4.69, 9.17) is 9.72 Å². The van der Waals surface area contributed by atoms with Crippen molar-refractivity contribution in [2.75, 3.05) is 13.2 Å². The average Bonchev–Trinajstić information content (AvgIpc) is 3.25. The van der Waals surface area contributed by atoms with E-state index in [1.807, 2.05) is 38.1 Å². The van der Waals surface area contributed by atoms with Crippen LogP contribution in [0.25, 0.3) is 11.0 Å². The van der Waals surface area contributed by atoms with Crippen molar-refractivity contribution in [1.82, 2.24) is 14.9 Å². The second kappa shape index (κ2) is 13.3. The molecule has 1 N–H and O–H groups in total. The Hall–Kier alpha value is -3.60. The van der Waals surface area contributed by atoms with E-state index in [0.717, 1.165) is 66.9 Å². The van der Waals surface area contributed by atoms with E-state index in [1.54, 1.807) is 0 Å². The Kier molecular flexibility index (Phi) is 9.58. The third kappa shape index (κ3) is 7.03. The molecule has 1 heterocycles. The molecular formula is C33H41N3O2. The minimum absolute atomic E-state index is 0.0162. The maximum absolute atomic E-state index is 12.5. The van der Waals surface area contributed by atoms with Crippen molar-refractivity contribution in [3.05, 3.63) is 94.8 Å². The fraction of sp³-hybridized carbons (Fsp3) is 0.394. The summed E-state index contributed by atoms with van der Waals surface area (Å²) in [6.07, 6.45) is 4.90. The summed E-state index contributed by atoms with van der Waals surface area (Å²) in [6, 6.07) is 22.7. The Labute approximate surface area is 227 Å². The number of carbonyl (C=O) groups excluding carboxylic acids is 1. The SMILES string of the molecule is Cc1ccc(C(=O)NCCCCCc2nc3ccccc3n2CCCOc2ccccc2C(C)C)c(C)c1. The van der Waals surface area contributed by atoms with Crippen LogP contribution in [0.1, 0.15) is 78.3 Å². The lowest BCUT2D eigenvalue weighted by Crippen LogP contribution is -2.25. The highest BCUT2D eigenvalue weighted by Gasteiger charge is 2.12. The number of imidazole rings is 1. The van der Waals surface area contributed by atoms with Crippen LogP contribution in [0.15, 0.2) is 66.7 Å². The number of aromatic nitrogens is 2. The summed E-state index contributed by atoms with van der Waals surface area (Å²) in [4.78, 5) is 17.4. The van der Waals surface area contributed by atoms with Gasteiger partial charge in [0.1, 0.15) is 11.6 Å². The van der Waals surface area contributed by atoms with Gasteiger partial charge >= 0.3 is 0 Å². The number of rotatable bonds is 13. The number of amides is 1. The van der Waals surface area contributed by atoms with Crippen LogP contribution < -0.4 is 10.1 Å². The molecule has 0 bridgehead atoms. The molecule has 0 fully saturated rings. The molecule has 0 spiro atoms. The van der Waals surface area contributed by atoms with E-state index in [9.17, 15) is 4.79 Å². The first-order chi connectivity index (χ1) is 18.4. The molecule has 5 heteroatoms. The van der Waals surface area contributed by atoms with Gasteiger partial charge in [0.15, 0.2) is 0 Å². The normalized spacial score (nSPS) is 11.3. The van der Waals surface area contributed by atoms with Gasteiger partial charge in [-0.25, -0.2) is 4.98 Å². The number of nitrogens with one attached hydrogen (secondary N) is 1. The molecule has 0 saturated heterocycles. The van der Waals surface area contributed by atoms with Crippen LogP contribution in [0.2, 0.25) is 0 Å². The summed E-state index contributed by atoms with van der Waals surface area (Å²) in [5.41, 5.74) is 6.46. The molecule has 0 atom stereocenters. The van der Waals surface area contributed by atoms with Crippen molar-refractivity contribution in [2.45, 2.75) is 72.3 Å². The number of hydrogen-bond acceptors (Lipinski definition) is 3. The molecule has 5 nitrogen and oxygen atoms in total. The van der Waals surface area contributed by atoms with Gasteiger partial charge in [-0.2, -0.15) is 0 Å². The number of hydrogen-bond donors (Lipinski definition) is 1. The maximum atomic E-state index is 12.5. The number of benzene rings is 3. The lowest BCUT2D eigenvalue weighted by Gasteiger charge is -2.14. The van der Waals surface area contributed by atoms with Gasteiger partial charge in [0.25, 0.3) is 5.91 Å². The molecule has 0 aliphatic rings. The van der Waals surface area contributed by atoms with Crippen molar-refractivity contribution in [3.63, 3.8) is 0 Å². The number of unbranched alkanes of at least 4 members (excludes halogenated alkanes) is 2. The molecule has 1 aromatic heterocycles. The van der Waals surface area contributed by atoms with Crippen molar-refractivity contribution in [2.24, 2.45) is 0 Å². The molecule has 0 aliphatic heterocycles. The maximum Gasteiger partial charge on any atom is 0.251 e. The largest absolute Gasteiger partial charge is 0.493 e. The predicted octanol–water partition coefficient (Wildman–Crippen LogP) is 7.39. The molecule has 3 aromatic carbocycles. The lowest BCUT2D eigenvalue weighted by molar-refractivity contribution is 0.0952. The predicted molar refractivity (Wildman–Crippen MR) is 156 cm³/mol. The molecule has 0 saturated carbocycles. The van der Waals surface area contributed by atoms with Crippen molar-refractivity contribution in [1.29, 1.82) is 0 Å². The first-order valence-electron chi connectivity index (χ1n) is 14.0. The third-order valence-electron chi connectivity index (χ3n) is 7.05. The molecule has 0 unspecified atom stereocenters. The second-order valence-corrected chi connectivity index (χ2v) is 10.4. The topological polar surface area (TPSA) is 56.2 Å². The van der Waals surface area contributed by atoms with Gasteiger partial charge in [0, 0.05) is 25.1 Å². The number of para-hydroxylation sites is 3. The van der Waals surface area contributed by atoms with Crippen LogP contribution >= 0.6 is 0 Å². The molecule has 0 radical (unpaired) electrons. The van der Waals surface area contributed by atoms with E-state index < -0.39 is 0 Å². The van der Waals surface area contributed by atoms with Crippen LogP contribution in [0, 0.1) is 13.8 Å². The van der Waals surface area contributed by atoms with E-state index in [2.05, 4.69) is 66.2 Å². The van der Waals surface area contributed by atoms with Gasteiger partial charge in [-0.1, -0.05) is 68.3 Å². The van der Waals surface area contributed by atoms with Crippen molar-refractivity contribution in [3.8, 4) is 5.75 Å². The summed E-state index contributed by atoms with van der Waals surface area (Å²) in [5.74, 6) is 2.58. The van der Waals surface area contributed by atoms with E-state index in [-0.39, 0.29) is 5.91 Å². The van der Waals surface area contributed by atoms with Crippen molar-refractivity contribution < 1.29 is 9.53 Å². The van der Waals surface area contributed by atoms with Crippen LogP contribution in [0.4, 0.5) is 0 Å². The molecule has 4 rings (SSSR count). The van der Waals surface area contributed by atoms with E-state index in [1.165, 1.54) is 16.6 Å². The summed E-state index contributed by atoms with van der Waals surface area (Å²) < 4.78 is 8.53. The Balaban J connectivity index is 1.26. The third-order valence-corrected chi connectivity index (χ3v) is 7.05. The van der Waals surface area contributed by atoms with Gasteiger partial charge in [-0.3, -0.25) is 4.79 Å². The number of carbonyl (C=O) groups is 1. The van der Waals surface area contributed by atoms with Gasteiger partial charge in [0.2, 0.25) is 0 Å². The fourth-order valence-corrected chi connectivity index (χ4v) is 5.01. The Morgan fingerprint density at radius 1 is 0.947 bits per heavy atom. The number of fused-ring (bicyclic) bond motifs is 1. The summed E-state index contributed by atoms with van der Waals surface area (Å²) >= 11 is 0. The smallest absolute Gasteiger partial charge is 0.251 e. The van der Waals surface area contributed by atoms with Gasteiger partial charge in [0.05, 0.1) is 17.6 Å². The highest BCUT2D eigenvalue weighted by molar-refractivity contribution is 5.95. The summed E-state index contributed by atoms with van der Waals surface area (Å²) in [6.45, 7) is 10.7. The van der Waals surface area contributed by atoms with Gasteiger partial charge < -0.3 is 14.6 Å². The molecule has 0 aliphatic carbocycles. The zero-order valence-corrected chi connectivity index (χ0v) is 23.3. The Morgan fingerprint density at radius 3 is 2.55 bits per heavy atom. The number of nitrogens with zero attached hydrogens (tertiary/aromatic N) is 2. The zero-order valence-electron chi connectivity index (χ0n) is 23.3. The molecule has 1 amide bonds. The molecule has 200 valence electrons. The molecule has 38 heavy (non-hydrogen) atoms. The quantitative estimate of drug-likeness (QED) is 0.190. The van der Waals surface area contributed by atoms with Gasteiger partial charge in [-0.05, 0) is 74.4 Å². The zero-order chi connectivity index (χ0) is 26.9. The summed E-state index contributed by atoms with van der Waals surface area (Å²) in [5, 5.41) is 3.08. The van der Waals surface area contributed by atoms with Crippen LogP contribution in [0.3, 0.4) is 0 Å². The Bertz CT molecular complexity index is 1360. The average molecular weight is 512 g/mol. The Morgan fingerprint density at radius 2 is 1.74 bits per heavy atom. The van der Waals surface area contributed by atoms with Crippen LogP contribution in [-0.4, -0.2) is 28.6 Å². The first-order valence-corrected chi connectivity index (χ1v) is 14.0. The molecule has 4 aromatic rings. The second-order valence-electron chi connectivity index (χ2n) is 10.4. The number of aryl methyl sites for hydroxylation is 4. The number of ether oxygens (including phenoxy) is 1. The van der Waals surface area contributed by atoms with Crippen LogP contribution in [-0.2, 0) is 13.0 Å². The highest BCUT2D eigenvalue weighted by Crippen LogP contribution is 2.26. The fourth-order valence-electron chi connectivity index (χ4n) is 5.01. The lowest BCUT2D eigenvalue weighted by atomic mass is 10.0. The first kappa shape index (κ1) is 27.4. The van der Waals surface area contributed by atoms with Gasteiger partial charge in [-0.15, -0.1) is 0 Å². The standard InChI is InChI=1S/C33H41N3O2/c1-24(2)27-13-7-10-16-31(27)38-22-12-21-36-30-15-9-8-14-29(30)35-32(36)17-6-5-11-20-34-33(37)28-19-18-25(3)23-26(28)4/h7-10,13-16,18-19,23-24H,5-6,11-12,17,20-22H2,1-4H3,(H,34,37).